The third kappa shape index (κ3) is 7.76. The first-order valence-electron chi connectivity index (χ1n) is 14.7. The van der Waals surface area contributed by atoms with E-state index in [-0.39, 0.29) is 6.61 Å². The number of aliphatic hydroxyl groups is 2. The molecule has 220 valence electrons. The van der Waals surface area contributed by atoms with Crippen molar-refractivity contribution < 1.29 is 19.7 Å². The van der Waals surface area contributed by atoms with Gasteiger partial charge in [-0.05, 0) is 73.8 Å². The summed E-state index contributed by atoms with van der Waals surface area (Å²) in [4.78, 5) is 9.14. The fourth-order valence-corrected chi connectivity index (χ4v) is 6.77. The lowest BCUT2D eigenvalue weighted by molar-refractivity contribution is 0.100. The van der Waals surface area contributed by atoms with Gasteiger partial charge in [0, 0.05) is 36.0 Å². The Balaban J connectivity index is 1.20. The van der Waals surface area contributed by atoms with Crippen molar-refractivity contribution in [1.29, 1.82) is 0 Å². The van der Waals surface area contributed by atoms with Crippen molar-refractivity contribution in [3.05, 3.63) is 72.3 Å². The number of piperidine rings is 1. The van der Waals surface area contributed by atoms with Crippen molar-refractivity contribution >= 4 is 23.1 Å². The fraction of sp³-hybridized carbons (Fsp3) is 0.455. The van der Waals surface area contributed by atoms with Crippen molar-refractivity contribution in [2.75, 3.05) is 64.5 Å². The normalized spacial score (nSPS) is 16.4. The van der Waals surface area contributed by atoms with E-state index in [0.29, 0.717) is 38.5 Å². The zero-order chi connectivity index (χ0) is 28.6. The van der Waals surface area contributed by atoms with Crippen molar-refractivity contribution in [3.8, 4) is 11.5 Å². The van der Waals surface area contributed by atoms with Gasteiger partial charge in [0.15, 0.2) is 11.5 Å². The van der Waals surface area contributed by atoms with Gasteiger partial charge in [-0.15, -0.1) is 0 Å². The second-order valence-corrected chi connectivity index (χ2v) is 12.2. The van der Waals surface area contributed by atoms with Gasteiger partial charge in [0.2, 0.25) is 0 Å². The minimum atomic E-state index is -0.618. The molecule has 0 radical (unpaired) electrons. The Morgan fingerprint density at radius 1 is 0.976 bits per heavy atom. The average molecular weight is 578 g/mol. The van der Waals surface area contributed by atoms with Gasteiger partial charge in [0.1, 0.15) is 6.61 Å². The number of nitrogens with zero attached hydrogens (tertiary/aromatic N) is 3. The molecule has 0 saturated carbocycles. The molecule has 3 aromatic rings. The maximum absolute atomic E-state index is 11.3. The minimum absolute atomic E-state index is 0.0202. The number of ether oxygens (including phenoxy) is 2. The molecule has 2 N–H and O–H groups in total. The number of aliphatic hydroxyl groups excluding tert-OH is 2. The molecule has 2 aliphatic rings. The molecule has 0 spiro atoms. The number of likely N-dealkylation sites (tertiary alicyclic amines) is 1. The summed E-state index contributed by atoms with van der Waals surface area (Å²) in [6.45, 7) is 8.13. The van der Waals surface area contributed by atoms with Gasteiger partial charge < -0.3 is 24.6 Å². The van der Waals surface area contributed by atoms with Crippen LogP contribution in [0.1, 0.15) is 25.3 Å². The number of anilines is 2. The Morgan fingerprint density at radius 3 is 2.32 bits per heavy atom. The first-order valence-corrected chi connectivity index (χ1v) is 15.5. The highest BCUT2D eigenvalue weighted by molar-refractivity contribution is 7.99. The molecule has 0 unspecified atom stereocenters. The van der Waals surface area contributed by atoms with Gasteiger partial charge in [-0.25, -0.2) is 0 Å². The van der Waals surface area contributed by atoms with E-state index >= 15 is 0 Å². The lowest BCUT2D eigenvalue weighted by Gasteiger charge is -2.35. The molecule has 2 heterocycles. The molecule has 8 heteroatoms. The van der Waals surface area contributed by atoms with Crippen LogP contribution in [0, 0.1) is 5.92 Å². The predicted molar refractivity (Wildman–Crippen MR) is 166 cm³/mol. The quantitative estimate of drug-likeness (QED) is 0.285. The van der Waals surface area contributed by atoms with Crippen LogP contribution in [-0.4, -0.2) is 85.7 Å². The standard InChI is InChI=1S/C33H43N3O4S/c1-25-13-15-34(16-14-25)18-20-40-30-12-11-26(21-31(30)39-2)22-35(17-19-37)23-27(38)24-36-28-7-3-5-9-32(28)41-33-10-6-4-8-29(33)36/h3-12,21,25,27,37-38H,13-20,22-24H2,1-2H3/t27-/m0/s1. The van der Waals surface area contributed by atoms with Gasteiger partial charge in [-0.3, -0.25) is 9.80 Å². The molecule has 0 aliphatic carbocycles. The zero-order valence-corrected chi connectivity index (χ0v) is 25.1. The highest BCUT2D eigenvalue weighted by atomic mass is 32.2. The van der Waals surface area contributed by atoms with Crippen LogP contribution in [0.3, 0.4) is 0 Å². The van der Waals surface area contributed by atoms with Gasteiger partial charge >= 0.3 is 0 Å². The predicted octanol–water partition coefficient (Wildman–Crippen LogP) is 5.26. The second-order valence-electron chi connectivity index (χ2n) is 11.1. The number of para-hydroxylation sites is 2. The van der Waals surface area contributed by atoms with E-state index in [0.717, 1.165) is 48.2 Å². The van der Waals surface area contributed by atoms with E-state index in [1.165, 1.54) is 22.6 Å². The number of methoxy groups -OCH3 is 1. The second kappa shape index (κ2) is 14.4. The molecule has 5 rings (SSSR count). The number of benzene rings is 3. The molecule has 1 atom stereocenters. The Morgan fingerprint density at radius 2 is 1.66 bits per heavy atom. The van der Waals surface area contributed by atoms with Crippen molar-refractivity contribution in [1.82, 2.24) is 9.80 Å². The van der Waals surface area contributed by atoms with E-state index in [2.05, 4.69) is 58.0 Å². The van der Waals surface area contributed by atoms with Crippen molar-refractivity contribution in [3.63, 3.8) is 0 Å². The minimum Gasteiger partial charge on any atom is -0.493 e. The zero-order valence-electron chi connectivity index (χ0n) is 24.2. The maximum Gasteiger partial charge on any atom is 0.161 e. The molecule has 0 amide bonds. The van der Waals surface area contributed by atoms with Crippen LogP contribution in [0.15, 0.2) is 76.5 Å². The van der Waals surface area contributed by atoms with E-state index < -0.39 is 6.10 Å². The smallest absolute Gasteiger partial charge is 0.161 e. The topological polar surface area (TPSA) is 68.6 Å². The van der Waals surface area contributed by atoms with Crippen molar-refractivity contribution in [2.45, 2.75) is 42.2 Å². The van der Waals surface area contributed by atoms with Gasteiger partial charge in [0.25, 0.3) is 0 Å². The molecule has 1 fully saturated rings. The van der Waals surface area contributed by atoms with Crippen LogP contribution in [0.25, 0.3) is 0 Å². The molecule has 0 aromatic heterocycles. The van der Waals surface area contributed by atoms with Gasteiger partial charge in [0.05, 0.1) is 37.7 Å². The number of hydrogen-bond donors (Lipinski definition) is 2. The molecular formula is C33H43N3O4S. The Bertz CT molecular complexity index is 1220. The first-order chi connectivity index (χ1) is 20.0. The molecule has 7 nitrogen and oxygen atoms in total. The highest BCUT2D eigenvalue weighted by Gasteiger charge is 2.25. The van der Waals surface area contributed by atoms with Crippen LogP contribution in [0.5, 0.6) is 11.5 Å². The summed E-state index contributed by atoms with van der Waals surface area (Å²) in [6, 6.07) is 22.7. The largest absolute Gasteiger partial charge is 0.493 e. The summed E-state index contributed by atoms with van der Waals surface area (Å²) in [7, 11) is 1.67. The number of rotatable bonds is 13. The molecule has 3 aromatic carbocycles. The summed E-state index contributed by atoms with van der Waals surface area (Å²) in [5, 5.41) is 21.1. The molecular weight excluding hydrogens is 534 g/mol. The van der Waals surface area contributed by atoms with Crippen LogP contribution < -0.4 is 14.4 Å². The first kappa shape index (κ1) is 29.7. The summed E-state index contributed by atoms with van der Waals surface area (Å²) < 4.78 is 11.8. The van der Waals surface area contributed by atoms with Crippen LogP contribution in [0.4, 0.5) is 11.4 Å². The number of β-amino-alcohol motifs (C(OH)–C–C–N with tert-alkyl or cyclic N) is 1. The van der Waals surface area contributed by atoms with Crippen LogP contribution >= 0.6 is 11.8 Å². The Hall–Kier alpha value is -2.75. The lowest BCUT2D eigenvalue weighted by Crippen LogP contribution is -2.40. The summed E-state index contributed by atoms with van der Waals surface area (Å²) in [5.41, 5.74) is 3.27. The van der Waals surface area contributed by atoms with Crippen LogP contribution in [-0.2, 0) is 6.54 Å². The lowest BCUT2D eigenvalue weighted by atomic mass is 9.99. The monoisotopic (exact) mass is 577 g/mol. The molecule has 2 aliphatic heterocycles. The molecule has 0 bridgehead atoms. The maximum atomic E-state index is 11.3. The third-order valence-corrected chi connectivity index (χ3v) is 9.12. The fourth-order valence-electron chi connectivity index (χ4n) is 5.68. The molecule has 41 heavy (non-hydrogen) atoms. The summed E-state index contributed by atoms with van der Waals surface area (Å²) in [5.74, 6) is 2.28. The molecule has 1 saturated heterocycles. The van der Waals surface area contributed by atoms with Crippen molar-refractivity contribution in [2.24, 2.45) is 5.92 Å². The number of fused-ring (bicyclic) bond motifs is 2. The third-order valence-electron chi connectivity index (χ3n) is 7.99. The van der Waals surface area contributed by atoms with E-state index in [4.69, 9.17) is 9.47 Å². The SMILES string of the molecule is COc1cc(CN(CCO)C[C@H](O)CN2c3ccccc3Sc3ccccc32)ccc1OCCN1CCC(C)CC1. The number of hydrogen-bond acceptors (Lipinski definition) is 8. The Labute approximate surface area is 248 Å². The highest BCUT2D eigenvalue weighted by Crippen LogP contribution is 2.47. The van der Waals surface area contributed by atoms with Crippen LogP contribution in [0.2, 0.25) is 0 Å². The Kier molecular flexibility index (Phi) is 10.5. The van der Waals surface area contributed by atoms with E-state index in [9.17, 15) is 10.2 Å². The van der Waals surface area contributed by atoms with E-state index in [1.54, 1.807) is 18.9 Å². The van der Waals surface area contributed by atoms with E-state index in [1.807, 2.05) is 30.3 Å². The van der Waals surface area contributed by atoms with Gasteiger partial charge in [-0.1, -0.05) is 49.0 Å². The summed E-state index contributed by atoms with van der Waals surface area (Å²) in [6.07, 6.45) is 1.90. The summed E-state index contributed by atoms with van der Waals surface area (Å²) >= 11 is 1.76. The average Bonchev–Trinajstić information content (AvgIpc) is 2.98. The van der Waals surface area contributed by atoms with Gasteiger partial charge in [-0.2, -0.15) is 0 Å².